The summed E-state index contributed by atoms with van der Waals surface area (Å²) < 4.78 is 21.5. The van der Waals surface area contributed by atoms with Gasteiger partial charge in [0.15, 0.2) is 0 Å². The minimum absolute atomic E-state index is 0.751. The number of allylic oxidation sites excluding steroid dienone is 1. The third-order valence-corrected chi connectivity index (χ3v) is 31.5. The molecule has 0 heterocycles. The van der Waals surface area contributed by atoms with E-state index in [2.05, 4.69) is 245 Å². The van der Waals surface area contributed by atoms with Gasteiger partial charge in [-0.3, -0.25) is 0 Å². The van der Waals surface area contributed by atoms with E-state index in [4.69, 9.17) is 18.9 Å². The molecular weight excluding hydrogens is 1570 g/mol. The topological polar surface area (TPSA) is 36.9 Å². The average Bonchev–Trinajstić information content (AvgIpc) is 0.949. The van der Waals surface area contributed by atoms with Crippen LogP contribution in [0.5, 0.6) is 23.0 Å². The number of unbranched alkanes of at least 4 members (excludes halogenated alkanes) is 10. The number of aryl methyl sites for hydroxylation is 3. The van der Waals surface area contributed by atoms with E-state index in [-0.39, 0.29) is 0 Å². The fourth-order valence-corrected chi connectivity index (χ4v) is 23.0. The lowest BCUT2D eigenvalue weighted by Gasteiger charge is -2.29. The molecule has 0 saturated heterocycles. The highest BCUT2D eigenvalue weighted by Crippen LogP contribution is 2.45. The fourth-order valence-electron chi connectivity index (χ4n) is 23.0. The molecule has 0 aliphatic heterocycles. The summed E-state index contributed by atoms with van der Waals surface area (Å²) in [5.41, 5.74) is 15.0. The van der Waals surface area contributed by atoms with Crippen LogP contribution in [0.15, 0.2) is 183 Å². The maximum absolute atomic E-state index is 5.52. The molecule has 716 valence electrons. The first-order valence-corrected chi connectivity index (χ1v) is 54.8. The molecule has 0 spiro atoms. The van der Waals surface area contributed by atoms with Crippen molar-refractivity contribution in [1.29, 1.82) is 0 Å². The van der Waals surface area contributed by atoms with Crippen molar-refractivity contribution in [3.05, 3.63) is 238 Å². The zero-order valence-corrected chi connectivity index (χ0v) is 85.3. The van der Waals surface area contributed by atoms with Crippen molar-refractivity contribution in [3.8, 4) is 23.0 Å². The van der Waals surface area contributed by atoms with Crippen molar-refractivity contribution in [2.45, 2.75) is 451 Å². The van der Waals surface area contributed by atoms with Crippen LogP contribution in [0.25, 0.3) is 0 Å². The van der Waals surface area contributed by atoms with Crippen LogP contribution in [0, 0.1) is 55.3 Å². The molecule has 4 nitrogen and oxygen atoms in total. The van der Waals surface area contributed by atoms with Crippen molar-refractivity contribution in [3.63, 3.8) is 0 Å². The maximum Gasteiger partial charge on any atom is 0.119 e. The Bertz CT molecular complexity index is 3740. The predicted molar refractivity (Wildman–Crippen MR) is 563 cm³/mol. The highest BCUT2D eigenvalue weighted by atomic mass is 16.5. The van der Waals surface area contributed by atoms with Crippen LogP contribution in [0.3, 0.4) is 0 Å². The lowest BCUT2D eigenvalue weighted by molar-refractivity contribution is 0.302. The first kappa shape index (κ1) is 108. The van der Waals surface area contributed by atoms with Crippen molar-refractivity contribution >= 4 is 0 Å². The molecule has 7 aromatic rings. The second-order valence-corrected chi connectivity index (χ2v) is 41.3. The smallest absolute Gasteiger partial charge is 0.119 e. The van der Waals surface area contributed by atoms with Crippen LogP contribution in [0.1, 0.15) is 487 Å². The summed E-state index contributed by atoms with van der Waals surface area (Å²) in [5.74, 6) is 16.4. The van der Waals surface area contributed by atoms with Gasteiger partial charge in [0.1, 0.15) is 23.0 Å². The SMILES string of the molecule is C=CC1CCC(c2ccc(C)cc2)CC1.CCCC1CCC(c2ccc(OC)cc2)CC1.CCCC1CCC(c2ccc(OCC)cc2)CC1.CCCCCC1CCC(c2ccc(CCC)cc2)CC1.CCCCCC1CCC(c2ccc(OC)cc2)CC1.CCCCCC1CCC(c2ccc(OCC)cc2)CC1.CCCCCCCC1CCC(c2ccc(C)cc2)CC1. The Balaban J connectivity index is 0.000000186. The number of hydrogen-bond donors (Lipinski definition) is 0. The van der Waals surface area contributed by atoms with Crippen molar-refractivity contribution in [1.82, 2.24) is 0 Å². The summed E-state index contributed by atoms with van der Waals surface area (Å²) in [6.07, 6.45) is 75.1. The van der Waals surface area contributed by atoms with Gasteiger partial charge in [-0.2, -0.15) is 0 Å². The second-order valence-electron chi connectivity index (χ2n) is 41.3. The summed E-state index contributed by atoms with van der Waals surface area (Å²) in [7, 11) is 3.46. The summed E-state index contributed by atoms with van der Waals surface area (Å²) in [4.78, 5) is 0. The van der Waals surface area contributed by atoms with Crippen LogP contribution in [0.4, 0.5) is 0 Å². The molecule has 7 fully saturated rings. The molecule has 0 N–H and O–H groups in total. The van der Waals surface area contributed by atoms with Crippen molar-refractivity contribution in [2.24, 2.45) is 41.4 Å². The Morgan fingerprint density at radius 3 is 0.682 bits per heavy atom. The van der Waals surface area contributed by atoms with Crippen molar-refractivity contribution in [2.75, 3.05) is 27.4 Å². The van der Waals surface area contributed by atoms with E-state index >= 15 is 0 Å². The molecule has 7 saturated carbocycles. The third-order valence-electron chi connectivity index (χ3n) is 31.5. The van der Waals surface area contributed by atoms with Gasteiger partial charge in [-0.1, -0.05) is 335 Å². The number of methoxy groups -OCH3 is 2. The zero-order valence-electron chi connectivity index (χ0n) is 85.3. The van der Waals surface area contributed by atoms with Gasteiger partial charge in [0, 0.05) is 0 Å². The minimum Gasteiger partial charge on any atom is -0.497 e. The molecule has 0 amide bonds. The number of hydrogen-bond acceptors (Lipinski definition) is 4. The van der Waals surface area contributed by atoms with E-state index in [1.54, 1.807) is 25.3 Å². The molecule has 0 unspecified atom stereocenters. The number of rotatable bonds is 38. The molecule has 7 aliphatic rings. The summed E-state index contributed by atoms with van der Waals surface area (Å²) in [6, 6.07) is 62.7. The standard InChI is InChI=1S/2C20H32.C19H30O.C18H28O.C17H26O.C16H24O.C15H20/c1-3-4-5-6-7-8-18-11-15-20(16-12-18)19-13-9-17(2)10-14-19;1-3-5-6-8-18-11-15-20(16-12-18)19-13-9-17(7-4-2)10-14-19;1-3-5-6-7-16-8-10-17(11-9-16)18-12-14-19(15-13-18)20-4-2;1-3-4-5-6-15-7-9-16(10-8-15)17-11-13-18(19-2)14-12-17;1-3-5-14-6-8-15(9-7-14)16-10-12-17(13-11-16)18-4-2;1-3-4-13-5-7-14(8-6-13)15-9-11-16(17-2)12-10-15;1-3-13-6-10-15(11-7-13)14-8-4-12(2)5-9-14/h2*9-10,13-14,18,20H,3-8,11-12,15-16H2,1-2H3;12-17H,3-11H2,1-2H3;11-16H,3-10H2,1-2H3;10-15H,3-9H2,1-2H3;9-14H,3-8H2,1-2H3;3-5,8-9,13,15H,1,6-7,10-11H2,2H3. The molecule has 4 heteroatoms. The lowest BCUT2D eigenvalue weighted by Crippen LogP contribution is -2.13. The molecule has 0 atom stereocenters. The van der Waals surface area contributed by atoms with E-state index < -0.39 is 0 Å². The summed E-state index contributed by atoms with van der Waals surface area (Å²) in [5, 5.41) is 0. The van der Waals surface area contributed by atoms with Gasteiger partial charge in [-0.05, 0) is 390 Å². The highest BCUT2D eigenvalue weighted by Gasteiger charge is 2.29. The Hall–Kier alpha value is -6.52. The minimum atomic E-state index is 0.751. The van der Waals surface area contributed by atoms with E-state index in [0.717, 1.165) is 119 Å². The van der Waals surface area contributed by atoms with Gasteiger partial charge in [-0.25, -0.2) is 0 Å². The zero-order chi connectivity index (χ0) is 91.7. The van der Waals surface area contributed by atoms with Crippen LogP contribution in [-0.2, 0) is 6.42 Å². The second kappa shape index (κ2) is 65.2. The van der Waals surface area contributed by atoms with E-state index in [0.29, 0.717) is 0 Å². The highest BCUT2D eigenvalue weighted by molar-refractivity contribution is 5.34. The molecule has 7 aromatic carbocycles. The van der Waals surface area contributed by atoms with E-state index in [1.807, 2.05) is 13.8 Å². The van der Waals surface area contributed by atoms with Crippen molar-refractivity contribution < 1.29 is 18.9 Å². The van der Waals surface area contributed by atoms with Gasteiger partial charge < -0.3 is 18.9 Å². The van der Waals surface area contributed by atoms with Gasteiger partial charge in [-0.15, -0.1) is 6.58 Å². The Morgan fingerprint density at radius 2 is 0.450 bits per heavy atom. The predicted octanol–water partition coefficient (Wildman–Crippen LogP) is 39.0. The number of ether oxygens (including phenoxy) is 4. The van der Waals surface area contributed by atoms with Gasteiger partial charge in [0.05, 0.1) is 27.4 Å². The summed E-state index contributed by atoms with van der Waals surface area (Å²) >= 11 is 0. The van der Waals surface area contributed by atoms with Crippen LogP contribution >= 0.6 is 0 Å². The van der Waals surface area contributed by atoms with Crippen LogP contribution < -0.4 is 18.9 Å². The van der Waals surface area contributed by atoms with Crippen LogP contribution in [-0.4, -0.2) is 27.4 Å². The third kappa shape index (κ3) is 41.5. The lowest BCUT2D eigenvalue weighted by atomic mass is 9.77. The van der Waals surface area contributed by atoms with Gasteiger partial charge in [0.25, 0.3) is 0 Å². The molecule has 129 heavy (non-hydrogen) atoms. The summed E-state index contributed by atoms with van der Waals surface area (Å²) in [6.45, 7) is 29.8. The van der Waals surface area contributed by atoms with E-state index in [9.17, 15) is 0 Å². The molecule has 0 aromatic heterocycles. The van der Waals surface area contributed by atoms with E-state index in [1.165, 1.54) is 378 Å². The largest absolute Gasteiger partial charge is 0.497 e. The first-order chi connectivity index (χ1) is 63.2. The van der Waals surface area contributed by atoms with Crippen LogP contribution in [0.2, 0.25) is 0 Å². The Labute approximate surface area is 795 Å². The normalized spacial score (nSPS) is 23.7. The fraction of sp³-hybridized carbons (Fsp3) is 0.648. The maximum atomic E-state index is 5.52. The number of benzene rings is 7. The molecule has 0 radical (unpaired) electrons. The van der Waals surface area contributed by atoms with Gasteiger partial charge in [0.2, 0.25) is 0 Å². The quantitative estimate of drug-likeness (QED) is 0.0286. The molecular formula is C125H192O4. The first-order valence-electron chi connectivity index (χ1n) is 54.8. The Morgan fingerprint density at radius 1 is 0.233 bits per heavy atom. The Kier molecular flexibility index (Phi) is 54.5. The molecule has 14 rings (SSSR count). The monoisotopic (exact) mass is 1760 g/mol. The van der Waals surface area contributed by atoms with Gasteiger partial charge >= 0.3 is 0 Å². The average molecular weight is 1760 g/mol. The molecule has 0 bridgehead atoms. The molecule has 7 aliphatic carbocycles.